The fourth-order valence-corrected chi connectivity index (χ4v) is 5.18. The molecule has 9 heteroatoms. The zero-order chi connectivity index (χ0) is 44.0. The summed E-state index contributed by atoms with van der Waals surface area (Å²) in [6.45, 7) is 49.2. The van der Waals surface area contributed by atoms with Gasteiger partial charge in [0, 0.05) is 44.3 Å². The van der Waals surface area contributed by atoms with Crippen molar-refractivity contribution in [2.24, 2.45) is 43.3 Å². The van der Waals surface area contributed by atoms with Gasteiger partial charge in [-0.05, 0) is 52.8 Å². The van der Waals surface area contributed by atoms with Crippen LogP contribution in [-0.4, -0.2) is 72.0 Å². The lowest BCUT2D eigenvalue weighted by atomic mass is 9.64. The number of esters is 3. The van der Waals surface area contributed by atoms with E-state index in [0.717, 1.165) is 32.3 Å². The average Bonchev–Trinajstić information content (AvgIpc) is 3.00. The van der Waals surface area contributed by atoms with Crippen LogP contribution in [0.4, 0.5) is 0 Å². The van der Waals surface area contributed by atoms with Crippen molar-refractivity contribution in [1.82, 2.24) is 0 Å². The van der Waals surface area contributed by atoms with E-state index in [9.17, 15) is 14.4 Å². The van der Waals surface area contributed by atoms with E-state index in [0.29, 0.717) is 26.6 Å². The Balaban J connectivity index is -0.0000000790. The molecule has 0 fully saturated rings. The van der Waals surface area contributed by atoms with Crippen LogP contribution in [0.3, 0.4) is 0 Å². The van der Waals surface area contributed by atoms with Gasteiger partial charge in [-0.15, -0.1) is 0 Å². The van der Waals surface area contributed by atoms with Crippen LogP contribution in [0.5, 0.6) is 0 Å². The topological polar surface area (TPSA) is 107 Å². The summed E-state index contributed by atoms with van der Waals surface area (Å²) in [5, 5.41) is 0. The SMILES string of the molecule is C.C.C.C.C.CC(=O)OCC(C)(C)C(C)(C)C.CCC(CC)(COC(=O)COC)C(C)(C)C.CCC(CC)(COC(C)=O)C(C)(C)C.COCOCC(C)(C)C(C)(C)C. The average molecular weight is 857 g/mol. The summed E-state index contributed by atoms with van der Waals surface area (Å²) in [5.74, 6) is -0.661. The summed E-state index contributed by atoms with van der Waals surface area (Å²) in [7, 11) is 3.14. The summed E-state index contributed by atoms with van der Waals surface area (Å²) in [6, 6.07) is 0. The maximum atomic E-state index is 11.3. The molecule has 0 amide bonds. The highest BCUT2D eigenvalue weighted by Gasteiger charge is 2.41. The summed E-state index contributed by atoms with van der Waals surface area (Å²) < 4.78 is 30.4. The van der Waals surface area contributed by atoms with Gasteiger partial charge < -0.3 is 28.4 Å². The second kappa shape index (κ2) is 33.9. The van der Waals surface area contributed by atoms with E-state index in [-0.39, 0.29) is 105 Å². The molecule has 0 aliphatic rings. The molecule has 0 saturated heterocycles. The van der Waals surface area contributed by atoms with Crippen LogP contribution in [0.25, 0.3) is 0 Å². The Hall–Kier alpha value is -1.71. The summed E-state index contributed by atoms with van der Waals surface area (Å²) in [5.41, 5.74) is 1.10. The Labute approximate surface area is 372 Å². The van der Waals surface area contributed by atoms with Crippen LogP contribution < -0.4 is 0 Å². The first kappa shape index (κ1) is 77.8. The zero-order valence-electron chi connectivity index (χ0n) is 40.2. The fraction of sp³-hybridized carbons (Fsp3) is 0.940. The molecule has 0 aromatic rings. The minimum Gasteiger partial charge on any atom is -0.465 e. The standard InChI is InChI=1S/C13H26O3.C12H24O2.C10H22O2.C10H20O2.5CH4/c1-7-13(8-2,12(3,4)5)10-16-11(14)9-15-6;1-7-12(8-2,11(4,5)6)9-14-10(3)13;1-9(2,3)10(4,5)7-12-8-11-6;1-8(11)12-7-10(5,6)9(2,3)4;;;;;/h7-10H2,1-6H3;7-9H2,1-6H3;7-8H2,1-6H3;7H2,1-6H3;5*1H4. The van der Waals surface area contributed by atoms with Crippen molar-refractivity contribution in [2.45, 2.75) is 215 Å². The van der Waals surface area contributed by atoms with Crippen molar-refractivity contribution in [3.8, 4) is 0 Å². The van der Waals surface area contributed by atoms with Gasteiger partial charge in [-0.2, -0.15) is 0 Å². The number of carbonyl (C=O) groups is 3. The molecule has 366 valence electrons. The number of hydrogen-bond donors (Lipinski definition) is 0. The van der Waals surface area contributed by atoms with Crippen molar-refractivity contribution < 1.29 is 42.8 Å². The molecule has 0 spiro atoms. The number of carbonyl (C=O) groups excluding carboxylic acids is 3. The maximum Gasteiger partial charge on any atom is 0.332 e. The summed E-state index contributed by atoms with van der Waals surface area (Å²) in [4.78, 5) is 32.7. The van der Waals surface area contributed by atoms with Crippen molar-refractivity contribution >= 4 is 17.9 Å². The van der Waals surface area contributed by atoms with Gasteiger partial charge in [0.25, 0.3) is 0 Å². The van der Waals surface area contributed by atoms with Crippen molar-refractivity contribution in [3.63, 3.8) is 0 Å². The van der Waals surface area contributed by atoms with Gasteiger partial charge in [0.1, 0.15) is 13.4 Å². The smallest absolute Gasteiger partial charge is 0.332 e. The molecule has 0 aliphatic heterocycles. The molecule has 0 unspecified atom stereocenters. The predicted molar refractivity (Wildman–Crippen MR) is 259 cm³/mol. The largest absolute Gasteiger partial charge is 0.465 e. The Kier molecular flexibility index (Phi) is 44.7. The molecule has 0 saturated carbocycles. The van der Waals surface area contributed by atoms with Crippen LogP contribution in [0, 0.1) is 43.3 Å². The normalized spacial score (nSPS) is 11.8. The highest BCUT2D eigenvalue weighted by molar-refractivity contribution is 5.70. The minimum atomic E-state index is -0.280. The van der Waals surface area contributed by atoms with E-state index in [4.69, 9.17) is 28.4 Å². The number of methoxy groups -OCH3 is 2. The van der Waals surface area contributed by atoms with Gasteiger partial charge >= 0.3 is 17.9 Å². The molecule has 0 radical (unpaired) electrons. The first-order valence-electron chi connectivity index (χ1n) is 20.1. The summed E-state index contributed by atoms with van der Waals surface area (Å²) >= 11 is 0. The lowest BCUT2D eigenvalue weighted by Crippen LogP contribution is -2.40. The molecule has 9 nitrogen and oxygen atoms in total. The highest BCUT2D eigenvalue weighted by atomic mass is 16.7. The van der Waals surface area contributed by atoms with Crippen LogP contribution >= 0.6 is 0 Å². The van der Waals surface area contributed by atoms with Gasteiger partial charge in [-0.25, -0.2) is 4.79 Å². The lowest BCUT2D eigenvalue weighted by molar-refractivity contribution is -0.155. The van der Waals surface area contributed by atoms with Crippen LogP contribution in [0.15, 0.2) is 0 Å². The monoisotopic (exact) mass is 857 g/mol. The van der Waals surface area contributed by atoms with E-state index >= 15 is 0 Å². The van der Waals surface area contributed by atoms with Crippen LogP contribution in [0.2, 0.25) is 0 Å². The van der Waals surface area contributed by atoms with Gasteiger partial charge in [0.05, 0.1) is 26.4 Å². The summed E-state index contributed by atoms with van der Waals surface area (Å²) in [6.07, 6.45) is 4.10. The van der Waals surface area contributed by atoms with E-state index in [1.807, 2.05) is 0 Å². The molecule has 0 aromatic carbocycles. The van der Waals surface area contributed by atoms with E-state index in [2.05, 4.69) is 138 Å². The fourth-order valence-electron chi connectivity index (χ4n) is 5.18. The first-order chi connectivity index (χ1) is 24.1. The Bertz CT molecular complexity index is 1010. The van der Waals surface area contributed by atoms with E-state index in [1.54, 1.807) is 7.11 Å². The number of rotatable bonds is 16. The Morgan fingerprint density at radius 3 is 0.932 bits per heavy atom. The lowest BCUT2D eigenvalue weighted by Gasteiger charge is -2.43. The van der Waals surface area contributed by atoms with Crippen molar-refractivity contribution in [2.75, 3.05) is 54.0 Å². The molecule has 0 aromatic heterocycles. The van der Waals surface area contributed by atoms with Gasteiger partial charge in [0.2, 0.25) is 0 Å². The zero-order valence-corrected chi connectivity index (χ0v) is 40.2. The number of ether oxygens (including phenoxy) is 6. The molecule has 59 heavy (non-hydrogen) atoms. The van der Waals surface area contributed by atoms with Crippen molar-refractivity contribution in [3.05, 3.63) is 0 Å². The quantitative estimate of drug-likeness (QED) is 0.0649. The third kappa shape index (κ3) is 30.9. The molecular formula is C50H112O9. The molecule has 0 rings (SSSR count). The van der Waals surface area contributed by atoms with Gasteiger partial charge in [-0.1, -0.05) is 176 Å². The first-order valence-corrected chi connectivity index (χ1v) is 20.1. The molecule has 0 atom stereocenters. The Morgan fingerprint density at radius 1 is 0.407 bits per heavy atom. The number of hydrogen-bond acceptors (Lipinski definition) is 9. The van der Waals surface area contributed by atoms with Crippen molar-refractivity contribution in [1.29, 1.82) is 0 Å². The second-order valence-electron chi connectivity index (χ2n) is 20.2. The van der Waals surface area contributed by atoms with Crippen LogP contribution in [0.1, 0.15) is 215 Å². The van der Waals surface area contributed by atoms with Crippen LogP contribution in [-0.2, 0) is 42.8 Å². The van der Waals surface area contributed by atoms with E-state index in [1.165, 1.54) is 21.0 Å². The second-order valence-corrected chi connectivity index (χ2v) is 20.2. The molecule has 0 bridgehead atoms. The molecule has 0 aliphatic carbocycles. The molecular weight excluding hydrogens is 745 g/mol. The van der Waals surface area contributed by atoms with Gasteiger partial charge in [0.15, 0.2) is 0 Å². The van der Waals surface area contributed by atoms with Gasteiger partial charge in [-0.3, -0.25) is 9.59 Å². The third-order valence-corrected chi connectivity index (χ3v) is 12.6. The van der Waals surface area contributed by atoms with E-state index < -0.39 is 0 Å². The molecule has 0 N–H and O–H groups in total. The predicted octanol–water partition coefficient (Wildman–Crippen LogP) is 14.9. The maximum absolute atomic E-state index is 11.3. The highest BCUT2D eigenvalue weighted by Crippen LogP contribution is 2.45. The minimum absolute atomic E-state index is 0. The molecule has 0 heterocycles. The Morgan fingerprint density at radius 2 is 0.695 bits per heavy atom. The third-order valence-electron chi connectivity index (χ3n) is 12.6.